The van der Waals surface area contributed by atoms with Crippen LogP contribution in [0, 0.1) is 10.5 Å². The average molecular weight is 381 g/mol. The molecule has 0 aliphatic heterocycles. The van der Waals surface area contributed by atoms with Crippen molar-refractivity contribution in [3.8, 4) is 5.75 Å². The van der Waals surface area contributed by atoms with Crippen molar-refractivity contribution in [3.05, 3.63) is 57.2 Å². The van der Waals surface area contributed by atoms with Gasteiger partial charge in [0.05, 0.1) is 17.9 Å². The Labute approximate surface area is 132 Å². The molecule has 0 fully saturated rings. The lowest BCUT2D eigenvalue weighted by atomic mass is 10.1. The molecule has 4 heteroatoms. The normalized spacial score (nSPS) is 10.2. The molecule has 104 valence electrons. The summed E-state index contributed by atoms with van der Waals surface area (Å²) in [5, 5.41) is 2.90. The van der Waals surface area contributed by atoms with Gasteiger partial charge >= 0.3 is 0 Å². The summed E-state index contributed by atoms with van der Waals surface area (Å²) < 4.78 is 6.45. The molecule has 0 spiro atoms. The van der Waals surface area contributed by atoms with Gasteiger partial charge in [-0.1, -0.05) is 23.8 Å². The van der Waals surface area contributed by atoms with Crippen LogP contribution in [0.1, 0.15) is 22.8 Å². The maximum Gasteiger partial charge on any atom is 0.256 e. The van der Waals surface area contributed by atoms with Crippen molar-refractivity contribution < 1.29 is 9.53 Å². The number of carbonyl (C=O) groups is 1. The van der Waals surface area contributed by atoms with Crippen molar-refractivity contribution in [2.75, 3.05) is 11.9 Å². The van der Waals surface area contributed by atoms with Crippen LogP contribution in [0.25, 0.3) is 0 Å². The Morgan fingerprint density at radius 1 is 1.25 bits per heavy atom. The average Bonchev–Trinajstić information content (AvgIpc) is 2.41. The van der Waals surface area contributed by atoms with Gasteiger partial charge < -0.3 is 10.1 Å². The summed E-state index contributed by atoms with van der Waals surface area (Å²) in [5.74, 6) is 0.562. The van der Waals surface area contributed by atoms with Crippen molar-refractivity contribution in [3.63, 3.8) is 0 Å². The summed E-state index contributed by atoms with van der Waals surface area (Å²) in [7, 11) is 0. The number of amides is 1. The van der Waals surface area contributed by atoms with Gasteiger partial charge in [0.25, 0.3) is 5.91 Å². The van der Waals surface area contributed by atoms with Crippen molar-refractivity contribution >= 4 is 34.2 Å². The molecule has 0 bridgehead atoms. The number of aryl methyl sites for hydroxylation is 1. The third kappa shape index (κ3) is 3.50. The molecule has 3 nitrogen and oxygen atoms in total. The zero-order valence-electron chi connectivity index (χ0n) is 11.4. The summed E-state index contributed by atoms with van der Waals surface area (Å²) in [4.78, 5) is 12.3. The summed E-state index contributed by atoms with van der Waals surface area (Å²) in [5.41, 5.74) is 2.50. The third-order valence-electron chi connectivity index (χ3n) is 2.80. The van der Waals surface area contributed by atoms with Crippen LogP contribution in [0.5, 0.6) is 5.75 Å². The number of carbonyl (C=O) groups excluding carboxylic acids is 1. The van der Waals surface area contributed by atoms with E-state index in [0.29, 0.717) is 23.6 Å². The van der Waals surface area contributed by atoms with E-state index in [1.165, 1.54) is 0 Å². The molecule has 1 amide bonds. The molecule has 20 heavy (non-hydrogen) atoms. The van der Waals surface area contributed by atoms with E-state index in [-0.39, 0.29) is 5.91 Å². The Balaban J connectivity index is 2.23. The predicted octanol–water partition coefficient (Wildman–Crippen LogP) is 4.25. The van der Waals surface area contributed by atoms with Gasteiger partial charge in [0.2, 0.25) is 0 Å². The number of benzene rings is 2. The Morgan fingerprint density at radius 2 is 2.00 bits per heavy atom. The minimum absolute atomic E-state index is 0.124. The van der Waals surface area contributed by atoms with E-state index < -0.39 is 0 Å². The molecule has 0 unspecified atom stereocenters. The summed E-state index contributed by atoms with van der Waals surface area (Å²) in [6, 6.07) is 13.2. The lowest BCUT2D eigenvalue weighted by molar-refractivity contribution is 0.102. The van der Waals surface area contributed by atoms with Crippen molar-refractivity contribution in [2.24, 2.45) is 0 Å². The van der Waals surface area contributed by atoms with Gasteiger partial charge in [-0.3, -0.25) is 4.79 Å². The second kappa shape index (κ2) is 6.74. The molecule has 0 saturated carbocycles. The first-order valence-corrected chi connectivity index (χ1v) is 7.49. The predicted molar refractivity (Wildman–Crippen MR) is 89.5 cm³/mol. The third-order valence-corrected chi connectivity index (χ3v) is 3.70. The molecular formula is C16H16INO2. The standard InChI is InChI=1S/C16H16INO2/c1-3-20-15-7-5-4-6-14(15)18-16(19)12-9-8-11(2)10-13(12)17/h4-10H,3H2,1-2H3,(H,18,19). The van der Waals surface area contributed by atoms with E-state index in [0.717, 1.165) is 9.13 Å². The van der Waals surface area contributed by atoms with Crippen LogP contribution in [0.3, 0.4) is 0 Å². The van der Waals surface area contributed by atoms with Crippen LogP contribution in [-0.2, 0) is 0 Å². The van der Waals surface area contributed by atoms with Gasteiger partial charge in [0.1, 0.15) is 5.75 Å². The first-order valence-electron chi connectivity index (χ1n) is 6.41. The van der Waals surface area contributed by atoms with Crippen molar-refractivity contribution in [1.29, 1.82) is 0 Å². The first-order chi connectivity index (χ1) is 9.61. The Hall–Kier alpha value is -1.56. The molecule has 1 N–H and O–H groups in total. The largest absolute Gasteiger partial charge is 0.492 e. The van der Waals surface area contributed by atoms with E-state index in [4.69, 9.17) is 4.74 Å². The van der Waals surface area contributed by atoms with Crippen LogP contribution in [0.2, 0.25) is 0 Å². The van der Waals surface area contributed by atoms with E-state index in [1.54, 1.807) is 0 Å². The van der Waals surface area contributed by atoms with Gasteiger partial charge in [-0.25, -0.2) is 0 Å². The number of nitrogens with one attached hydrogen (secondary N) is 1. The molecule has 0 aliphatic rings. The van der Waals surface area contributed by atoms with E-state index in [1.807, 2.05) is 56.3 Å². The number of halogens is 1. The monoisotopic (exact) mass is 381 g/mol. The SMILES string of the molecule is CCOc1ccccc1NC(=O)c1ccc(C)cc1I. The molecule has 0 aromatic heterocycles. The molecule has 0 heterocycles. The number of hydrogen-bond acceptors (Lipinski definition) is 2. The van der Waals surface area contributed by atoms with E-state index in [9.17, 15) is 4.79 Å². The second-order valence-corrected chi connectivity index (χ2v) is 5.53. The van der Waals surface area contributed by atoms with Crippen LogP contribution in [-0.4, -0.2) is 12.5 Å². The minimum Gasteiger partial charge on any atom is -0.492 e. The number of ether oxygens (including phenoxy) is 1. The lowest BCUT2D eigenvalue weighted by Gasteiger charge is -2.12. The van der Waals surface area contributed by atoms with Crippen molar-refractivity contribution in [1.82, 2.24) is 0 Å². The lowest BCUT2D eigenvalue weighted by Crippen LogP contribution is -2.14. The molecular weight excluding hydrogens is 365 g/mol. The Kier molecular flexibility index (Phi) is 5.00. The molecule has 0 radical (unpaired) electrons. The van der Waals surface area contributed by atoms with E-state index >= 15 is 0 Å². The van der Waals surface area contributed by atoms with Gasteiger partial charge in [-0.15, -0.1) is 0 Å². The number of rotatable bonds is 4. The quantitative estimate of drug-likeness (QED) is 0.805. The topological polar surface area (TPSA) is 38.3 Å². The maximum atomic E-state index is 12.3. The zero-order chi connectivity index (χ0) is 14.5. The highest BCUT2D eigenvalue weighted by molar-refractivity contribution is 14.1. The first kappa shape index (κ1) is 14.8. The molecule has 0 atom stereocenters. The van der Waals surface area contributed by atoms with Crippen LogP contribution in [0.4, 0.5) is 5.69 Å². The number of para-hydroxylation sites is 2. The molecule has 0 saturated heterocycles. The number of hydrogen-bond donors (Lipinski definition) is 1. The molecule has 2 aromatic rings. The summed E-state index contributed by atoms with van der Waals surface area (Å²) >= 11 is 2.18. The van der Waals surface area contributed by atoms with Crippen LogP contribution in [0.15, 0.2) is 42.5 Å². The van der Waals surface area contributed by atoms with Crippen LogP contribution >= 0.6 is 22.6 Å². The fraction of sp³-hybridized carbons (Fsp3) is 0.188. The molecule has 2 aromatic carbocycles. The minimum atomic E-state index is -0.124. The Bertz CT molecular complexity index is 626. The molecule has 2 rings (SSSR count). The highest BCUT2D eigenvalue weighted by Gasteiger charge is 2.12. The van der Waals surface area contributed by atoms with Gasteiger partial charge in [0, 0.05) is 3.57 Å². The zero-order valence-corrected chi connectivity index (χ0v) is 13.6. The highest BCUT2D eigenvalue weighted by atomic mass is 127. The van der Waals surface area contributed by atoms with Crippen molar-refractivity contribution in [2.45, 2.75) is 13.8 Å². The van der Waals surface area contributed by atoms with Gasteiger partial charge in [0.15, 0.2) is 0 Å². The van der Waals surface area contributed by atoms with Gasteiger partial charge in [-0.05, 0) is 60.7 Å². The second-order valence-electron chi connectivity index (χ2n) is 4.37. The smallest absolute Gasteiger partial charge is 0.256 e. The Morgan fingerprint density at radius 3 is 2.70 bits per heavy atom. The fourth-order valence-corrected chi connectivity index (χ4v) is 2.76. The number of anilines is 1. The van der Waals surface area contributed by atoms with Crippen LogP contribution < -0.4 is 10.1 Å². The summed E-state index contributed by atoms with van der Waals surface area (Å²) in [6.45, 7) is 4.49. The summed E-state index contributed by atoms with van der Waals surface area (Å²) in [6.07, 6.45) is 0. The maximum absolute atomic E-state index is 12.3. The fourth-order valence-electron chi connectivity index (χ4n) is 1.85. The molecule has 0 aliphatic carbocycles. The highest BCUT2D eigenvalue weighted by Crippen LogP contribution is 2.25. The van der Waals surface area contributed by atoms with E-state index in [2.05, 4.69) is 27.9 Å². The van der Waals surface area contributed by atoms with Gasteiger partial charge in [-0.2, -0.15) is 0 Å².